The van der Waals surface area contributed by atoms with Crippen LogP contribution in [-0.4, -0.2) is 27.6 Å². The average molecular weight is 340 g/mol. The van der Waals surface area contributed by atoms with Gasteiger partial charge in [-0.05, 0) is 48.7 Å². The number of Topliss-reactive ketones (excluding diaryl/α,β-unsaturated/α-hetero) is 1. The Labute approximate surface area is 144 Å². The van der Waals surface area contributed by atoms with Crippen LogP contribution in [0.2, 0.25) is 5.28 Å². The zero-order valence-corrected chi connectivity index (χ0v) is 13.7. The van der Waals surface area contributed by atoms with Gasteiger partial charge in [-0.3, -0.25) is 4.79 Å². The number of aromatic nitrogens is 2. The average Bonchev–Trinajstić information content (AvgIpc) is 3.39. The standard InChI is InChI=1S/C17H14ClN5O/c1-10(24)15-14(9-20-17(18)23-15)16(22-13-6-7-13)21-12-4-2-11(8-19)3-5-12/h2-5,9,13H,6-7H2,1H3,(H,21,22). The van der Waals surface area contributed by atoms with E-state index >= 15 is 0 Å². The van der Waals surface area contributed by atoms with Gasteiger partial charge in [-0.25, -0.2) is 15.0 Å². The van der Waals surface area contributed by atoms with Gasteiger partial charge in [0.25, 0.3) is 0 Å². The molecular formula is C17H14ClN5O. The number of hydrogen-bond donors (Lipinski definition) is 1. The predicted molar refractivity (Wildman–Crippen MR) is 90.6 cm³/mol. The number of nitrogens with zero attached hydrogens (tertiary/aromatic N) is 4. The van der Waals surface area contributed by atoms with E-state index in [1.165, 1.54) is 13.1 Å². The van der Waals surface area contributed by atoms with Crippen molar-refractivity contribution < 1.29 is 4.79 Å². The molecule has 0 radical (unpaired) electrons. The number of amidine groups is 1. The number of aliphatic imine (C=N–C) groups is 1. The quantitative estimate of drug-likeness (QED) is 0.400. The summed E-state index contributed by atoms with van der Waals surface area (Å²) in [5, 5.41) is 12.2. The van der Waals surface area contributed by atoms with Crippen LogP contribution >= 0.6 is 11.6 Å². The van der Waals surface area contributed by atoms with E-state index in [9.17, 15) is 4.79 Å². The largest absolute Gasteiger partial charge is 0.367 e. The molecule has 0 atom stereocenters. The highest BCUT2D eigenvalue weighted by molar-refractivity contribution is 6.28. The minimum atomic E-state index is -0.209. The Hall–Kier alpha value is -2.78. The summed E-state index contributed by atoms with van der Waals surface area (Å²) in [4.78, 5) is 24.5. The van der Waals surface area contributed by atoms with Crippen molar-refractivity contribution in [2.75, 3.05) is 0 Å². The summed E-state index contributed by atoms with van der Waals surface area (Å²) < 4.78 is 0. The molecule has 120 valence electrons. The Morgan fingerprint density at radius 2 is 2.08 bits per heavy atom. The van der Waals surface area contributed by atoms with Gasteiger partial charge in [-0.2, -0.15) is 5.26 Å². The van der Waals surface area contributed by atoms with Gasteiger partial charge in [-0.15, -0.1) is 0 Å². The molecule has 1 aliphatic carbocycles. The van der Waals surface area contributed by atoms with Gasteiger partial charge in [0.05, 0.1) is 22.9 Å². The maximum absolute atomic E-state index is 11.9. The molecule has 1 N–H and O–H groups in total. The van der Waals surface area contributed by atoms with E-state index in [4.69, 9.17) is 16.9 Å². The molecule has 1 aliphatic rings. The monoisotopic (exact) mass is 339 g/mol. The number of carbonyl (C=O) groups excluding carboxylic acids is 1. The number of nitriles is 1. The smallest absolute Gasteiger partial charge is 0.223 e. The molecule has 1 aromatic heterocycles. The van der Waals surface area contributed by atoms with E-state index in [1.54, 1.807) is 24.3 Å². The molecule has 1 fully saturated rings. The Morgan fingerprint density at radius 1 is 1.38 bits per heavy atom. The number of ketones is 1. The van der Waals surface area contributed by atoms with Crippen LogP contribution in [0.5, 0.6) is 0 Å². The lowest BCUT2D eigenvalue weighted by Gasteiger charge is -2.12. The predicted octanol–water partition coefficient (Wildman–Crippen LogP) is 3.03. The third-order valence-electron chi connectivity index (χ3n) is 3.50. The van der Waals surface area contributed by atoms with Gasteiger partial charge in [0.15, 0.2) is 5.78 Å². The molecule has 0 spiro atoms. The maximum Gasteiger partial charge on any atom is 0.223 e. The van der Waals surface area contributed by atoms with Gasteiger partial charge < -0.3 is 5.32 Å². The lowest BCUT2D eigenvalue weighted by Crippen LogP contribution is -2.28. The Morgan fingerprint density at radius 3 is 2.67 bits per heavy atom. The Bertz CT molecular complexity index is 850. The van der Waals surface area contributed by atoms with E-state index in [1.807, 2.05) is 0 Å². The summed E-state index contributed by atoms with van der Waals surface area (Å²) in [5.74, 6) is 0.323. The zero-order chi connectivity index (χ0) is 17.1. The highest BCUT2D eigenvalue weighted by atomic mass is 35.5. The van der Waals surface area contributed by atoms with Crippen molar-refractivity contribution in [3.63, 3.8) is 0 Å². The molecular weight excluding hydrogens is 326 g/mol. The number of hydrogen-bond acceptors (Lipinski definition) is 5. The first kappa shape index (κ1) is 16.1. The molecule has 0 aliphatic heterocycles. The van der Waals surface area contributed by atoms with Crippen molar-refractivity contribution in [2.24, 2.45) is 4.99 Å². The van der Waals surface area contributed by atoms with Gasteiger partial charge in [0.2, 0.25) is 5.28 Å². The van der Waals surface area contributed by atoms with E-state index < -0.39 is 0 Å². The van der Waals surface area contributed by atoms with E-state index in [0.29, 0.717) is 28.7 Å². The second-order valence-corrected chi connectivity index (χ2v) is 5.83. The minimum Gasteiger partial charge on any atom is -0.367 e. The Kier molecular flexibility index (Phi) is 4.54. The van der Waals surface area contributed by atoms with Gasteiger partial charge in [0.1, 0.15) is 11.5 Å². The molecule has 1 saturated carbocycles. The normalized spacial score (nSPS) is 14.1. The Balaban J connectivity index is 2.04. The third kappa shape index (κ3) is 3.76. The molecule has 3 rings (SSSR count). The highest BCUT2D eigenvalue weighted by Gasteiger charge is 2.25. The molecule has 0 amide bonds. The van der Waals surface area contributed by atoms with Crippen LogP contribution < -0.4 is 5.32 Å². The van der Waals surface area contributed by atoms with Crippen molar-refractivity contribution in [1.29, 1.82) is 5.26 Å². The van der Waals surface area contributed by atoms with E-state index in [0.717, 1.165) is 12.8 Å². The number of benzene rings is 1. The molecule has 6 nitrogen and oxygen atoms in total. The lowest BCUT2D eigenvalue weighted by molar-refractivity contribution is 0.101. The summed E-state index contributed by atoms with van der Waals surface area (Å²) >= 11 is 5.81. The first-order valence-electron chi connectivity index (χ1n) is 7.46. The maximum atomic E-state index is 11.9. The van der Waals surface area contributed by atoms with Crippen molar-refractivity contribution in [1.82, 2.24) is 15.3 Å². The van der Waals surface area contributed by atoms with Crippen molar-refractivity contribution in [2.45, 2.75) is 25.8 Å². The van der Waals surface area contributed by atoms with Crippen molar-refractivity contribution in [3.8, 4) is 6.07 Å². The fourth-order valence-electron chi connectivity index (χ4n) is 2.13. The van der Waals surface area contributed by atoms with E-state index in [2.05, 4.69) is 26.3 Å². The van der Waals surface area contributed by atoms with Crippen molar-refractivity contribution in [3.05, 3.63) is 52.6 Å². The molecule has 2 aromatic rings. The molecule has 0 saturated heterocycles. The fraction of sp³-hybridized carbons (Fsp3) is 0.235. The van der Waals surface area contributed by atoms with Gasteiger partial charge in [-0.1, -0.05) is 0 Å². The van der Waals surface area contributed by atoms with Crippen LogP contribution in [0.25, 0.3) is 0 Å². The highest BCUT2D eigenvalue weighted by Crippen LogP contribution is 2.22. The van der Waals surface area contributed by atoms with Gasteiger partial charge in [0, 0.05) is 19.2 Å². The molecule has 1 heterocycles. The van der Waals surface area contributed by atoms with Crippen LogP contribution in [0, 0.1) is 11.3 Å². The molecule has 0 bridgehead atoms. The minimum absolute atomic E-state index is 0.0214. The second-order valence-electron chi connectivity index (χ2n) is 5.50. The first-order chi connectivity index (χ1) is 11.6. The molecule has 7 heteroatoms. The molecule has 24 heavy (non-hydrogen) atoms. The summed E-state index contributed by atoms with van der Waals surface area (Å²) in [6, 6.07) is 9.28. The third-order valence-corrected chi connectivity index (χ3v) is 3.69. The van der Waals surface area contributed by atoms with E-state index in [-0.39, 0.29) is 16.8 Å². The number of carbonyl (C=O) groups is 1. The first-order valence-corrected chi connectivity index (χ1v) is 7.84. The summed E-state index contributed by atoms with van der Waals surface area (Å²) in [7, 11) is 0. The second kappa shape index (κ2) is 6.77. The van der Waals surface area contributed by atoms with Crippen molar-refractivity contribution >= 4 is 28.9 Å². The van der Waals surface area contributed by atoms with Gasteiger partial charge >= 0.3 is 0 Å². The van der Waals surface area contributed by atoms with Crippen LogP contribution in [0.15, 0.2) is 35.5 Å². The summed E-state index contributed by atoms with van der Waals surface area (Å²) in [6.07, 6.45) is 3.61. The lowest BCUT2D eigenvalue weighted by atomic mass is 10.1. The molecule has 0 unspecified atom stereocenters. The number of halogens is 1. The summed E-state index contributed by atoms with van der Waals surface area (Å²) in [5.41, 5.74) is 1.98. The van der Waals surface area contributed by atoms with Crippen LogP contribution in [0.4, 0.5) is 5.69 Å². The number of rotatable bonds is 4. The van der Waals surface area contributed by atoms with Crippen LogP contribution in [0.1, 0.15) is 41.4 Å². The fourth-order valence-corrected chi connectivity index (χ4v) is 2.27. The summed E-state index contributed by atoms with van der Waals surface area (Å²) in [6.45, 7) is 1.43. The topological polar surface area (TPSA) is 91.0 Å². The van der Waals surface area contributed by atoms with Crippen LogP contribution in [-0.2, 0) is 0 Å². The SMILES string of the molecule is CC(=O)c1nc(Cl)ncc1/C(=N/c1ccc(C#N)cc1)NC1CC1. The number of nitrogens with one attached hydrogen (secondary N) is 1. The van der Waals surface area contributed by atoms with Crippen LogP contribution in [0.3, 0.4) is 0 Å². The zero-order valence-electron chi connectivity index (χ0n) is 13.0. The molecule has 1 aromatic carbocycles.